The molecule has 1 heterocycles. The minimum atomic E-state index is -0.534. The highest BCUT2D eigenvalue weighted by atomic mass is 35.5. The van der Waals surface area contributed by atoms with Gasteiger partial charge in [-0.15, -0.1) is 0 Å². The summed E-state index contributed by atoms with van der Waals surface area (Å²) >= 11 is 6.02. The first-order valence-electron chi connectivity index (χ1n) is 6.69. The summed E-state index contributed by atoms with van der Waals surface area (Å²) in [4.78, 5) is 14.0. The second-order valence-corrected chi connectivity index (χ2v) is 5.42. The van der Waals surface area contributed by atoms with E-state index in [1.54, 1.807) is 13.0 Å². The third-order valence-corrected chi connectivity index (χ3v) is 3.56. The molecule has 1 fully saturated rings. The van der Waals surface area contributed by atoms with Crippen molar-refractivity contribution in [3.8, 4) is 0 Å². The van der Waals surface area contributed by atoms with Gasteiger partial charge in [0.05, 0.1) is 17.4 Å². The zero-order chi connectivity index (χ0) is 13.8. The van der Waals surface area contributed by atoms with Crippen molar-refractivity contribution in [3.05, 3.63) is 23.2 Å². The van der Waals surface area contributed by atoms with Crippen molar-refractivity contribution in [1.82, 2.24) is 0 Å². The molecule has 0 radical (unpaired) electrons. The topological polar surface area (TPSA) is 58.4 Å². The fourth-order valence-corrected chi connectivity index (χ4v) is 2.44. The summed E-state index contributed by atoms with van der Waals surface area (Å²) in [5.41, 5.74) is 7.36. The lowest BCUT2D eigenvalue weighted by molar-refractivity contribution is -0.117. The second kappa shape index (κ2) is 6.26. The number of benzene rings is 1. The van der Waals surface area contributed by atoms with E-state index in [0.717, 1.165) is 24.5 Å². The molecule has 1 unspecified atom stereocenters. The monoisotopic (exact) mass is 281 g/mol. The molecule has 104 valence electrons. The van der Waals surface area contributed by atoms with Gasteiger partial charge in [0.15, 0.2) is 0 Å². The van der Waals surface area contributed by atoms with Gasteiger partial charge in [-0.25, -0.2) is 0 Å². The lowest BCUT2D eigenvalue weighted by Crippen LogP contribution is -2.34. The lowest BCUT2D eigenvalue weighted by Gasteiger charge is -2.30. The molecular weight excluding hydrogens is 262 g/mol. The van der Waals surface area contributed by atoms with E-state index in [2.05, 4.69) is 10.2 Å². The van der Waals surface area contributed by atoms with Crippen LogP contribution in [-0.4, -0.2) is 25.0 Å². The summed E-state index contributed by atoms with van der Waals surface area (Å²) in [5.74, 6) is -0.194. The van der Waals surface area contributed by atoms with Crippen LogP contribution in [0, 0.1) is 0 Å². The van der Waals surface area contributed by atoms with Crippen LogP contribution in [0.4, 0.5) is 11.4 Å². The summed E-state index contributed by atoms with van der Waals surface area (Å²) in [5, 5.41) is 3.47. The Hall–Kier alpha value is -1.26. The van der Waals surface area contributed by atoms with Crippen LogP contribution in [-0.2, 0) is 4.79 Å². The highest BCUT2D eigenvalue weighted by molar-refractivity contribution is 6.31. The second-order valence-electron chi connectivity index (χ2n) is 4.99. The number of nitrogens with zero attached hydrogens (tertiary/aromatic N) is 1. The average molecular weight is 282 g/mol. The van der Waals surface area contributed by atoms with E-state index in [9.17, 15) is 4.79 Å². The molecule has 0 bridgehead atoms. The molecular formula is C14H20ClN3O. The van der Waals surface area contributed by atoms with E-state index in [0.29, 0.717) is 5.02 Å². The van der Waals surface area contributed by atoms with Gasteiger partial charge in [-0.1, -0.05) is 11.6 Å². The number of carbonyl (C=O) groups is 1. The Morgan fingerprint density at radius 3 is 2.68 bits per heavy atom. The van der Waals surface area contributed by atoms with Crippen LogP contribution >= 0.6 is 11.6 Å². The molecule has 0 spiro atoms. The lowest BCUT2D eigenvalue weighted by atomic mass is 10.1. The van der Waals surface area contributed by atoms with Crippen LogP contribution in [0.2, 0.25) is 5.02 Å². The Morgan fingerprint density at radius 2 is 2.05 bits per heavy atom. The van der Waals surface area contributed by atoms with Crippen molar-refractivity contribution in [2.45, 2.75) is 32.2 Å². The average Bonchev–Trinajstić information content (AvgIpc) is 2.39. The zero-order valence-corrected chi connectivity index (χ0v) is 11.9. The van der Waals surface area contributed by atoms with Crippen LogP contribution in [0.1, 0.15) is 26.2 Å². The van der Waals surface area contributed by atoms with E-state index in [-0.39, 0.29) is 5.91 Å². The summed E-state index contributed by atoms with van der Waals surface area (Å²) < 4.78 is 0. The maximum absolute atomic E-state index is 11.8. The molecule has 1 atom stereocenters. The van der Waals surface area contributed by atoms with Gasteiger partial charge in [-0.05, 0) is 44.4 Å². The highest BCUT2D eigenvalue weighted by Crippen LogP contribution is 2.31. The Morgan fingerprint density at radius 1 is 1.37 bits per heavy atom. The molecule has 1 aliphatic heterocycles. The molecule has 1 aromatic rings. The highest BCUT2D eigenvalue weighted by Gasteiger charge is 2.17. The number of rotatable bonds is 3. The minimum Gasteiger partial charge on any atom is -0.370 e. The molecule has 0 aliphatic carbocycles. The van der Waals surface area contributed by atoms with E-state index in [1.165, 1.54) is 19.3 Å². The molecule has 1 saturated heterocycles. The number of anilines is 2. The van der Waals surface area contributed by atoms with E-state index >= 15 is 0 Å². The van der Waals surface area contributed by atoms with Crippen molar-refractivity contribution in [2.24, 2.45) is 5.73 Å². The van der Waals surface area contributed by atoms with Gasteiger partial charge >= 0.3 is 0 Å². The molecule has 4 nitrogen and oxygen atoms in total. The maximum atomic E-state index is 11.8. The van der Waals surface area contributed by atoms with Crippen molar-refractivity contribution in [3.63, 3.8) is 0 Å². The van der Waals surface area contributed by atoms with Crippen LogP contribution in [0.15, 0.2) is 18.2 Å². The van der Waals surface area contributed by atoms with Crippen molar-refractivity contribution < 1.29 is 4.79 Å². The largest absolute Gasteiger partial charge is 0.370 e. The Balaban J connectivity index is 2.24. The third-order valence-electron chi connectivity index (χ3n) is 3.33. The standard InChI is InChI=1S/C14H20ClN3O/c1-10(16)14(19)17-12-9-11(15)5-6-13(12)18-7-3-2-4-8-18/h5-6,9-10H,2-4,7-8,16H2,1H3,(H,17,19). The Bertz CT molecular complexity index is 456. The van der Waals surface area contributed by atoms with Gasteiger partial charge in [0.25, 0.3) is 0 Å². The van der Waals surface area contributed by atoms with Crippen LogP contribution < -0.4 is 16.0 Å². The molecule has 0 saturated carbocycles. The zero-order valence-electron chi connectivity index (χ0n) is 11.2. The van der Waals surface area contributed by atoms with Gasteiger partial charge in [-0.3, -0.25) is 4.79 Å². The molecule has 1 aliphatic rings. The molecule has 1 amide bonds. The van der Waals surface area contributed by atoms with Crippen molar-refractivity contribution >= 4 is 28.9 Å². The van der Waals surface area contributed by atoms with Gasteiger partial charge in [0, 0.05) is 18.1 Å². The van der Waals surface area contributed by atoms with E-state index in [1.807, 2.05) is 12.1 Å². The number of piperidine rings is 1. The maximum Gasteiger partial charge on any atom is 0.241 e. The van der Waals surface area contributed by atoms with Gasteiger partial charge in [0.2, 0.25) is 5.91 Å². The van der Waals surface area contributed by atoms with Gasteiger partial charge in [0.1, 0.15) is 0 Å². The molecule has 1 aromatic carbocycles. The fraction of sp³-hybridized carbons (Fsp3) is 0.500. The molecule has 3 N–H and O–H groups in total. The van der Waals surface area contributed by atoms with E-state index < -0.39 is 6.04 Å². The summed E-state index contributed by atoms with van der Waals surface area (Å²) in [6.45, 7) is 3.70. The van der Waals surface area contributed by atoms with Crippen molar-refractivity contribution in [2.75, 3.05) is 23.3 Å². The SMILES string of the molecule is CC(N)C(=O)Nc1cc(Cl)ccc1N1CCCCC1. The predicted octanol–water partition coefficient (Wildman–Crippen LogP) is 2.62. The summed E-state index contributed by atoms with van der Waals surface area (Å²) in [6, 6.07) is 5.07. The summed E-state index contributed by atoms with van der Waals surface area (Å²) in [6.07, 6.45) is 3.64. The number of carbonyl (C=O) groups excluding carboxylic acids is 1. The van der Waals surface area contributed by atoms with Crippen LogP contribution in [0.25, 0.3) is 0 Å². The van der Waals surface area contributed by atoms with E-state index in [4.69, 9.17) is 17.3 Å². The molecule has 5 heteroatoms. The quantitative estimate of drug-likeness (QED) is 0.895. The molecule has 0 aromatic heterocycles. The van der Waals surface area contributed by atoms with Gasteiger partial charge < -0.3 is 16.0 Å². The first-order chi connectivity index (χ1) is 9.08. The fourth-order valence-electron chi connectivity index (χ4n) is 2.27. The Kier molecular flexibility index (Phi) is 4.66. The molecule has 19 heavy (non-hydrogen) atoms. The van der Waals surface area contributed by atoms with Crippen LogP contribution in [0.5, 0.6) is 0 Å². The number of nitrogens with two attached hydrogens (primary N) is 1. The number of hydrogen-bond acceptors (Lipinski definition) is 3. The first-order valence-corrected chi connectivity index (χ1v) is 7.06. The normalized spacial score (nSPS) is 17.1. The number of nitrogens with one attached hydrogen (secondary N) is 1. The third kappa shape index (κ3) is 3.61. The minimum absolute atomic E-state index is 0.194. The number of amides is 1. The number of hydrogen-bond donors (Lipinski definition) is 2. The Labute approximate surface area is 118 Å². The first kappa shape index (κ1) is 14.2. The van der Waals surface area contributed by atoms with Gasteiger partial charge in [-0.2, -0.15) is 0 Å². The van der Waals surface area contributed by atoms with Crippen molar-refractivity contribution in [1.29, 1.82) is 0 Å². The molecule has 2 rings (SSSR count). The number of halogens is 1. The predicted molar refractivity (Wildman–Crippen MR) is 79.8 cm³/mol. The smallest absolute Gasteiger partial charge is 0.241 e. The van der Waals surface area contributed by atoms with Crippen LogP contribution in [0.3, 0.4) is 0 Å². The summed E-state index contributed by atoms with van der Waals surface area (Å²) in [7, 11) is 0.